The molecule has 2 N–H and O–H groups in total. The Kier molecular flexibility index (Phi) is 6.94. The molecule has 8 heteroatoms. The summed E-state index contributed by atoms with van der Waals surface area (Å²) in [6.45, 7) is 8.27. The minimum absolute atomic E-state index is 0.142. The molecular weight excluding hydrogens is 308 g/mol. The third kappa shape index (κ3) is 6.42. The second-order valence-electron chi connectivity index (χ2n) is 6.26. The van der Waals surface area contributed by atoms with Gasteiger partial charge in [0.2, 0.25) is 0 Å². The summed E-state index contributed by atoms with van der Waals surface area (Å²) in [5, 5.41) is 19.1. The predicted molar refractivity (Wildman–Crippen MR) is 78.7 cm³/mol. The number of rotatable bonds is 8. The number of aliphatic hydroxyl groups excluding tert-OH is 1. The monoisotopic (exact) mass is 334 g/mol. The minimum atomic E-state index is -1.36. The molecule has 0 aliphatic carbocycles. The lowest BCUT2D eigenvalue weighted by Crippen LogP contribution is -2.51. The fraction of sp³-hybridized carbons (Fsp3) is 0.867. The maximum absolute atomic E-state index is 11.4. The highest BCUT2D eigenvalue weighted by atomic mass is 16.8. The van der Waals surface area contributed by atoms with E-state index in [4.69, 9.17) is 24.1 Å². The van der Waals surface area contributed by atoms with Crippen molar-refractivity contribution in [2.24, 2.45) is 0 Å². The second kappa shape index (κ2) is 8.05. The van der Waals surface area contributed by atoms with Crippen LogP contribution in [0, 0.1) is 0 Å². The lowest BCUT2D eigenvalue weighted by molar-refractivity contribution is -0.201. The maximum Gasteiger partial charge on any atom is 0.306 e. The van der Waals surface area contributed by atoms with Crippen LogP contribution >= 0.6 is 0 Å². The Bertz CT molecular complexity index is 420. The van der Waals surface area contributed by atoms with Gasteiger partial charge >= 0.3 is 11.9 Å². The van der Waals surface area contributed by atoms with Crippen LogP contribution in [0.3, 0.4) is 0 Å². The highest BCUT2D eigenvalue weighted by molar-refractivity contribution is 5.67. The topological polar surface area (TPSA) is 112 Å². The molecule has 1 saturated heterocycles. The second-order valence-corrected chi connectivity index (χ2v) is 6.26. The lowest BCUT2D eigenvalue weighted by atomic mass is 10.00. The molecule has 134 valence electrons. The molecule has 0 aromatic heterocycles. The van der Waals surface area contributed by atoms with Gasteiger partial charge in [-0.3, -0.25) is 9.59 Å². The van der Waals surface area contributed by atoms with Gasteiger partial charge in [-0.05, 0) is 27.7 Å². The number of esters is 1. The van der Waals surface area contributed by atoms with E-state index in [1.165, 1.54) is 6.92 Å². The lowest BCUT2D eigenvalue weighted by Gasteiger charge is -2.34. The zero-order chi connectivity index (χ0) is 17.8. The van der Waals surface area contributed by atoms with Gasteiger partial charge in [-0.2, -0.15) is 0 Å². The molecule has 0 radical (unpaired) electrons. The van der Waals surface area contributed by atoms with Crippen LogP contribution < -0.4 is 0 Å². The third-order valence-electron chi connectivity index (χ3n) is 3.21. The first-order valence-corrected chi connectivity index (χ1v) is 7.56. The number of hydrogen-bond acceptors (Lipinski definition) is 7. The van der Waals surface area contributed by atoms with Crippen LogP contribution in [-0.2, 0) is 28.5 Å². The van der Waals surface area contributed by atoms with Crippen molar-refractivity contribution in [3.05, 3.63) is 0 Å². The average Bonchev–Trinajstić information content (AvgIpc) is 2.72. The molecule has 1 rings (SSSR count). The molecule has 1 aliphatic rings. The van der Waals surface area contributed by atoms with E-state index >= 15 is 0 Å². The molecule has 1 aliphatic heterocycles. The summed E-state index contributed by atoms with van der Waals surface area (Å²) in [6, 6.07) is 0. The average molecular weight is 334 g/mol. The number of carbonyl (C=O) groups excluding carboxylic acids is 1. The van der Waals surface area contributed by atoms with E-state index in [0.717, 1.165) is 0 Å². The summed E-state index contributed by atoms with van der Waals surface area (Å²) in [5.74, 6) is -2.62. The molecular formula is C15H26O8. The van der Waals surface area contributed by atoms with E-state index in [0.29, 0.717) is 0 Å². The van der Waals surface area contributed by atoms with Crippen molar-refractivity contribution in [1.82, 2.24) is 0 Å². The SMILES string of the molecule is CC(=O)O[C@@H]([C@@H](OC(C)C)[C@H](O)CC(=O)O)[C@H]1COC(C)(C)O1. The van der Waals surface area contributed by atoms with E-state index in [2.05, 4.69) is 0 Å². The first-order valence-electron chi connectivity index (χ1n) is 7.56. The molecule has 23 heavy (non-hydrogen) atoms. The fourth-order valence-corrected chi connectivity index (χ4v) is 2.42. The minimum Gasteiger partial charge on any atom is -0.481 e. The quantitative estimate of drug-likeness (QED) is 0.624. The zero-order valence-electron chi connectivity index (χ0n) is 14.1. The van der Waals surface area contributed by atoms with Gasteiger partial charge in [0.15, 0.2) is 11.9 Å². The summed E-state index contributed by atoms with van der Waals surface area (Å²) < 4.78 is 22.1. The molecule has 0 aromatic rings. The molecule has 8 nitrogen and oxygen atoms in total. The summed E-state index contributed by atoms with van der Waals surface area (Å²) in [4.78, 5) is 22.3. The molecule has 0 bridgehead atoms. The summed E-state index contributed by atoms with van der Waals surface area (Å²) in [7, 11) is 0. The van der Waals surface area contributed by atoms with E-state index in [-0.39, 0.29) is 12.7 Å². The van der Waals surface area contributed by atoms with Gasteiger partial charge < -0.3 is 29.2 Å². The van der Waals surface area contributed by atoms with Gasteiger partial charge in [-0.25, -0.2) is 0 Å². The van der Waals surface area contributed by atoms with Gasteiger partial charge in [-0.1, -0.05) is 0 Å². The fourth-order valence-electron chi connectivity index (χ4n) is 2.42. The number of carbonyl (C=O) groups is 2. The van der Waals surface area contributed by atoms with Crippen molar-refractivity contribution in [2.75, 3.05) is 6.61 Å². The summed E-state index contributed by atoms with van der Waals surface area (Å²) in [6.07, 6.45) is -4.89. The van der Waals surface area contributed by atoms with Crippen LogP contribution in [0.1, 0.15) is 41.0 Å². The highest BCUT2D eigenvalue weighted by Crippen LogP contribution is 2.29. The molecule has 0 aromatic carbocycles. The smallest absolute Gasteiger partial charge is 0.306 e. The molecule has 1 heterocycles. The number of carboxylic acids is 1. The summed E-state index contributed by atoms with van der Waals surface area (Å²) in [5.41, 5.74) is 0. The Morgan fingerprint density at radius 1 is 1.35 bits per heavy atom. The van der Waals surface area contributed by atoms with Gasteiger partial charge in [0, 0.05) is 6.92 Å². The van der Waals surface area contributed by atoms with Crippen LogP contribution in [0.15, 0.2) is 0 Å². The normalized spacial score (nSPS) is 24.2. The Hall–Kier alpha value is -1.22. The van der Waals surface area contributed by atoms with Crippen molar-refractivity contribution in [2.45, 2.75) is 77.3 Å². The van der Waals surface area contributed by atoms with Crippen LogP contribution in [0.5, 0.6) is 0 Å². The third-order valence-corrected chi connectivity index (χ3v) is 3.21. The van der Waals surface area contributed by atoms with Gasteiger partial charge in [0.05, 0.1) is 25.2 Å². The van der Waals surface area contributed by atoms with Crippen LogP contribution in [0.2, 0.25) is 0 Å². The zero-order valence-corrected chi connectivity index (χ0v) is 14.1. The van der Waals surface area contributed by atoms with E-state index in [9.17, 15) is 14.7 Å². The Balaban J connectivity index is 3.00. The highest BCUT2D eigenvalue weighted by Gasteiger charge is 2.45. The van der Waals surface area contributed by atoms with Gasteiger partial charge in [0.25, 0.3) is 0 Å². The molecule has 0 amide bonds. The number of ether oxygens (including phenoxy) is 4. The Labute approximate surface area is 135 Å². The van der Waals surface area contributed by atoms with E-state index in [1.54, 1.807) is 27.7 Å². The number of carboxylic acid groups (broad SMARTS) is 1. The first kappa shape index (κ1) is 19.8. The number of aliphatic carboxylic acids is 1. The number of aliphatic hydroxyl groups is 1. The standard InChI is InChI=1S/C15H26O8/c1-8(2)21-13(10(17)6-12(18)19)14(22-9(3)16)11-7-20-15(4,5)23-11/h8,10-11,13-14,17H,6-7H2,1-5H3,(H,18,19)/t10-,11-,13+,14-/m1/s1. The Morgan fingerprint density at radius 2 is 1.96 bits per heavy atom. The largest absolute Gasteiger partial charge is 0.481 e. The van der Waals surface area contributed by atoms with Gasteiger partial charge in [-0.15, -0.1) is 0 Å². The predicted octanol–water partition coefficient (Wildman–Crippen LogP) is 0.699. The Morgan fingerprint density at radius 3 is 2.35 bits per heavy atom. The van der Waals surface area contributed by atoms with Crippen molar-refractivity contribution < 1.29 is 38.7 Å². The van der Waals surface area contributed by atoms with Crippen LogP contribution in [-0.4, -0.2) is 65.1 Å². The first-order chi connectivity index (χ1) is 10.5. The van der Waals surface area contributed by atoms with Crippen molar-refractivity contribution in [3.8, 4) is 0 Å². The van der Waals surface area contributed by atoms with Gasteiger partial charge in [0.1, 0.15) is 12.2 Å². The van der Waals surface area contributed by atoms with Crippen LogP contribution in [0.4, 0.5) is 0 Å². The molecule has 0 saturated carbocycles. The van der Waals surface area contributed by atoms with Crippen molar-refractivity contribution in [3.63, 3.8) is 0 Å². The summed E-state index contributed by atoms with van der Waals surface area (Å²) >= 11 is 0. The molecule has 4 atom stereocenters. The van der Waals surface area contributed by atoms with Crippen LogP contribution in [0.25, 0.3) is 0 Å². The molecule has 0 spiro atoms. The molecule has 1 fully saturated rings. The van der Waals surface area contributed by atoms with E-state index in [1.807, 2.05) is 0 Å². The molecule has 0 unspecified atom stereocenters. The van der Waals surface area contributed by atoms with E-state index < -0.39 is 48.6 Å². The van der Waals surface area contributed by atoms with Crippen molar-refractivity contribution >= 4 is 11.9 Å². The van der Waals surface area contributed by atoms with Crippen molar-refractivity contribution in [1.29, 1.82) is 0 Å². The maximum atomic E-state index is 11.4. The number of hydrogen-bond donors (Lipinski definition) is 2.